The van der Waals surface area contributed by atoms with Gasteiger partial charge in [0.15, 0.2) is 0 Å². The number of hydrogen-bond acceptors (Lipinski definition) is 3. The van der Waals surface area contributed by atoms with Crippen LogP contribution in [-0.4, -0.2) is 11.9 Å². The maximum absolute atomic E-state index is 10.3. The molecule has 0 amide bonds. The summed E-state index contributed by atoms with van der Waals surface area (Å²) in [6, 6.07) is 0. The predicted octanol–water partition coefficient (Wildman–Crippen LogP) is -0.0898. The average molecular weight is 113 g/mol. The molecule has 43 valence electrons. The summed E-state index contributed by atoms with van der Waals surface area (Å²) in [5.41, 5.74) is 0. The molecule has 0 spiro atoms. The first-order valence-corrected chi connectivity index (χ1v) is 2.28. The Morgan fingerprint density at radius 1 is 1.62 bits per heavy atom. The van der Waals surface area contributed by atoms with Crippen LogP contribution in [0, 0.1) is 12.8 Å². The lowest BCUT2D eigenvalue weighted by molar-refractivity contribution is -0.152. The van der Waals surface area contributed by atoms with Gasteiger partial charge in [-0.3, -0.25) is 9.59 Å². The fourth-order valence-electron chi connectivity index (χ4n) is 0.522. The Morgan fingerprint density at radius 2 is 2.25 bits per heavy atom. The van der Waals surface area contributed by atoms with Crippen molar-refractivity contribution in [3.05, 3.63) is 6.92 Å². The fraction of sp³-hybridized carbons (Fsp3) is 0.400. The van der Waals surface area contributed by atoms with Gasteiger partial charge in [0.25, 0.3) is 0 Å². The van der Waals surface area contributed by atoms with Gasteiger partial charge in [0.05, 0.1) is 12.3 Å². The highest BCUT2D eigenvalue weighted by atomic mass is 16.6. The largest absolute Gasteiger partial charge is 0.393 e. The van der Waals surface area contributed by atoms with Crippen molar-refractivity contribution < 1.29 is 14.3 Å². The molecule has 1 radical (unpaired) electrons. The second kappa shape index (κ2) is 1.58. The summed E-state index contributed by atoms with van der Waals surface area (Å²) < 4.78 is 4.13. The molecule has 1 rings (SSSR count). The summed E-state index contributed by atoms with van der Waals surface area (Å²) in [5, 5.41) is 0. The Labute approximate surface area is 46.6 Å². The van der Waals surface area contributed by atoms with Crippen LogP contribution < -0.4 is 0 Å². The molecule has 0 N–H and O–H groups in total. The van der Waals surface area contributed by atoms with Crippen LogP contribution in [0.3, 0.4) is 0 Å². The molecule has 0 aromatic carbocycles. The molecule has 1 saturated heterocycles. The van der Waals surface area contributed by atoms with E-state index in [1.54, 1.807) is 0 Å². The zero-order valence-corrected chi connectivity index (χ0v) is 4.22. The van der Waals surface area contributed by atoms with Crippen LogP contribution in [0.1, 0.15) is 6.42 Å². The maximum Gasteiger partial charge on any atom is 0.317 e. The number of hydrogen-bond donors (Lipinski definition) is 0. The second-order valence-corrected chi connectivity index (χ2v) is 1.69. The summed E-state index contributed by atoms with van der Waals surface area (Å²) in [4.78, 5) is 20.5. The molecule has 1 heterocycles. The van der Waals surface area contributed by atoms with Crippen molar-refractivity contribution in [1.82, 2.24) is 0 Å². The number of carbonyl (C=O) groups is 2. The van der Waals surface area contributed by atoms with Crippen molar-refractivity contribution in [3.8, 4) is 0 Å². The lowest BCUT2D eigenvalue weighted by Gasteiger charge is -1.86. The van der Waals surface area contributed by atoms with Crippen LogP contribution >= 0.6 is 0 Å². The fourth-order valence-corrected chi connectivity index (χ4v) is 0.522. The number of ether oxygens (including phenoxy) is 1. The second-order valence-electron chi connectivity index (χ2n) is 1.69. The van der Waals surface area contributed by atoms with Gasteiger partial charge in [-0.25, -0.2) is 0 Å². The minimum Gasteiger partial charge on any atom is -0.393 e. The first-order valence-electron chi connectivity index (χ1n) is 2.28. The monoisotopic (exact) mass is 113 g/mol. The smallest absolute Gasteiger partial charge is 0.317 e. The van der Waals surface area contributed by atoms with E-state index in [1.165, 1.54) is 0 Å². The third-order valence-electron chi connectivity index (χ3n) is 0.961. The summed E-state index contributed by atoms with van der Waals surface area (Å²) >= 11 is 0. The summed E-state index contributed by atoms with van der Waals surface area (Å²) in [7, 11) is 0. The standard InChI is InChI=1S/C5H5O3/c1-3-2-4(6)8-5(3)7/h3H,1-2H2. The lowest BCUT2D eigenvalue weighted by atomic mass is 10.1. The Hall–Kier alpha value is -0.860. The van der Waals surface area contributed by atoms with E-state index in [0.717, 1.165) is 0 Å². The molecular formula is C5H5O3. The molecule has 1 unspecified atom stereocenters. The van der Waals surface area contributed by atoms with E-state index in [-0.39, 0.29) is 6.42 Å². The van der Waals surface area contributed by atoms with Crippen LogP contribution in [0.5, 0.6) is 0 Å². The van der Waals surface area contributed by atoms with E-state index in [0.29, 0.717) is 0 Å². The Balaban J connectivity index is 2.64. The maximum atomic E-state index is 10.3. The number of rotatable bonds is 0. The van der Waals surface area contributed by atoms with Crippen LogP contribution in [0.2, 0.25) is 0 Å². The van der Waals surface area contributed by atoms with Gasteiger partial charge in [-0.05, 0) is 6.92 Å². The molecule has 1 fully saturated rings. The highest BCUT2D eigenvalue weighted by Crippen LogP contribution is 2.12. The third kappa shape index (κ3) is 0.710. The van der Waals surface area contributed by atoms with Gasteiger partial charge in [0.1, 0.15) is 0 Å². The van der Waals surface area contributed by atoms with Crippen molar-refractivity contribution in [2.24, 2.45) is 5.92 Å². The van der Waals surface area contributed by atoms with E-state index < -0.39 is 17.9 Å². The number of cyclic esters (lactones) is 2. The van der Waals surface area contributed by atoms with Gasteiger partial charge >= 0.3 is 11.9 Å². The topological polar surface area (TPSA) is 43.4 Å². The van der Waals surface area contributed by atoms with Gasteiger partial charge in [0, 0.05) is 0 Å². The van der Waals surface area contributed by atoms with Crippen LogP contribution in [-0.2, 0) is 14.3 Å². The minimum absolute atomic E-state index is 0.138. The van der Waals surface area contributed by atoms with Crippen molar-refractivity contribution >= 4 is 11.9 Å². The van der Waals surface area contributed by atoms with Gasteiger partial charge in [-0.15, -0.1) is 0 Å². The first kappa shape index (κ1) is 5.28. The SMILES string of the molecule is [CH2]C1CC(=O)OC1=O. The van der Waals surface area contributed by atoms with E-state index in [2.05, 4.69) is 11.7 Å². The number of esters is 2. The molecular weight excluding hydrogens is 108 g/mol. The lowest BCUT2D eigenvalue weighted by Crippen LogP contribution is -2.01. The van der Waals surface area contributed by atoms with Crippen molar-refractivity contribution in [2.75, 3.05) is 0 Å². The van der Waals surface area contributed by atoms with Crippen LogP contribution in [0.15, 0.2) is 0 Å². The van der Waals surface area contributed by atoms with E-state index in [9.17, 15) is 9.59 Å². The van der Waals surface area contributed by atoms with E-state index >= 15 is 0 Å². The Bertz CT molecular complexity index is 139. The molecule has 3 heteroatoms. The van der Waals surface area contributed by atoms with E-state index in [1.807, 2.05) is 0 Å². The Morgan fingerprint density at radius 3 is 2.38 bits per heavy atom. The molecule has 0 aliphatic carbocycles. The highest BCUT2D eigenvalue weighted by molar-refractivity contribution is 5.94. The highest BCUT2D eigenvalue weighted by Gasteiger charge is 2.28. The molecule has 1 aliphatic rings. The first-order chi connectivity index (χ1) is 3.70. The van der Waals surface area contributed by atoms with Crippen LogP contribution in [0.4, 0.5) is 0 Å². The van der Waals surface area contributed by atoms with Gasteiger partial charge in [-0.1, -0.05) is 0 Å². The van der Waals surface area contributed by atoms with Crippen molar-refractivity contribution in [2.45, 2.75) is 6.42 Å². The third-order valence-corrected chi connectivity index (χ3v) is 0.961. The molecule has 0 saturated carbocycles. The van der Waals surface area contributed by atoms with E-state index in [4.69, 9.17) is 0 Å². The average Bonchev–Trinajstić information content (AvgIpc) is 1.85. The number of carbonyl (C=O) groups excluding carboxylic acids is 2. The normalized spacial score (nSPS) is 28.4. The minimum atomic E-state index is -0.505. The molecule has 1 atom stereocenters. The van der Waals surface area contributed by atoms with Crippen molar-refractivity contribution in [1.29, 1.82) is 0 Å². The van der Waals surface area contributed by atoms with Crippen molar-refractivity contribution in [3.63, 3.8) is 0 Å². The molecule has 0 bridgehead atoms. The zero-order chi connectivity index (χ0) is 6.15. The zero-order valence-electron chi connectivity index (χ0n) is 4.22. The quantitative estimate of drug-likeness (QED) is 0.325. The van der Waals surface area contributed by atoms with Crippen LogP contribution in [0.25, 0.3) is 0 Å². The summed E-state index contributed by atoms with van der Waals surface area (Å²) in [6.45, 7) is 3.37. The summed E-state index contributed by atoms with van der Waals surface area (Å²) in [6.07, 6.45) is 0.138. The van der Waals surface area contributed by atoms with Gasteiger partial charge in [-0.2, -0.15) is 0 Å². The molecule has 8 heavy (non-hydrogen) atoms. The summed E-state index contributed by atoms with van der Waals surface area (Å²) in [5.74, 6) is -1.44. The molecule has 1 aliphatic heterocycles. The molecule has 3 nitrogen and oxygen atoms in total. The molecule has 0 aromatic rings. The van der Waals surface area contributed by atoms with Gasteiger partial charge in [0.2, 0.25) is 0 Å². The predicted molar refractivity (Wildman–Crippen MR) is 24.6 cm³/mol. The molecule has 0 aromatic heterocycles. The Kier molecular flexibility index (Phi) is 1.04. The van der Waals surface area contributed by atoms with Gasteiger partial charge < -0.3 is 4.74 Å².